The molecule has 0 saturated carbocycles. The summed E-state index contributed by atoms with van der Waals surface area (Å²) in [5, 5.41) is 9.19. The largest absolute Gasteiger partial charge is 0.508 e. The van der Waals surface area contributed by atoms with Gasteiger partial charge in [-0.2, -0.15) is 9.74 Å². The van der Waals surface area contributed by atoms with Crippen LogP contribution in [0.25, 0.3) is 0 Å². The quantitative estimate of drug-likeness (QED) is 0.217. The summed E-state index contributed by atoms with van der Waals surface area (Å²) in [5.41, 5.74) is 0.985. The average molecular weight is 559 g/mol. The Kier molecular flexibility index (Phi) is 10.4. The molecule has 0 bridgehead atoms. The maximum absolute atomic E-state index is 11.7. The molecule has 0 saturated heterocycles. The number of aromatic hydroxyl groups is 1. The molecule has 1 aromatic rings. The van der Waals surface area contributed by atoms with Crippen LogP contribution < -0.4 is 0 Å². The van der Waals surface area contributed by atoms with Crippen LogP contribution in [0.5, 0.6) is 5.75 Å². The van der Waals surface area contributed by atoms with Crippen molar-refractivity contribution >= 4 is 62.1 Å². The third kappa shape index (κ3) is 11.4. The van der Waals surface area contributed by atoms with E-state index in [1.807, 2.05) is 0 Å². The van der Waals surface area contributed by atoms with Crippen LogP contribution in [0.4, 0.5) is 0 Å². The first-order valence-electron chi connectivity index (χ1n) is 5.79. The topological polar surface area (TPSA) is 124 Å². The Labute approximate surface area is 156 Å². The molecule has 0 fully saturated rings. The summed E-state index contributed by atoms with van der Waals surface area (Å²) in [7, 11) is -4.67. The van der Waals surface area contributed by atoms with E-state index in [1.165, 1.54) is 0 Å². The zero-order valence-electron chi connectivity index (χ0n) is 11.4. The lowest BCUT2D eigenvalue weighted by atomic mass is 10.1. The van der Waals surface area contributed by atoms with E-state index in [2.05, 4.69) is 45.7 Å². The number of phenolic OH excluding ortho intramolecular Hbond substituents is 1. The molecule has 0 amide bonds. The van der Waals surface area contributed by atoms with E-state index in [0.29, 0.717) is 13.0 Å². The highest BCUT2D eigenvalue weighted by molar-refractivity contribution is 14.2. The second-order valence-electron chi connectivity index (χ2n) is 3.85. The fraction of sp³-hybridized carbons (Fsp3) is 0.364. The van der Waals surface area contributed by atoms with Gasteiger partial charge in [0.05, 0.1) is 6.61 Å². The van der Waals surface area contributed by atoms with E-state index >= 15 is 0 Å². The first-order valence-corrected chi connectivity index (χ1v) is 9.12. The van der Waals surface area contributed by atoms with Gasteiger partial charge in [0.25, 0.3) is 0 Å². The Morgan fingerprint density at radius 3 is 2.09 bits per heavy atom. The van der Waals surface area contributed by atoms with Crippen molar-refractivity contribution in [3.05, 3.63) is 29.8 Å². The van der Waals surface area contributed by atoms with Crippen LogP contribution in [-0.2, 0) is 26.4 Å². The monoisotopic (exact) mass is 559 g/mol. The van der Waals surface area contributed by atoms with Crippen LogP contribution in [-0.4, -0.2) is 42.6 Å². The molecule has 0 aromatic heterocycles. The molecular formula is C11H15I2NO7S. The van der Waals surface area contributed by atoms with Gasteiger partial charge in [0.1, 0.15) is 11.8 Å². The number of benzene rings is 1. The van der Waals surface area contributed by atoms with Gasteiger partial charge in [0.15, 0.2) is 0 Å². The minimum absolute atomic E-state index is 0.224. The van der Waals surface area contributed by atoms with Gasteiger partial charge in [0, 0.05) is 52.1 Å². The van der Waals surface area contributed by atoms with Crippen LogP contribution in [0.2, 0.25) is 0 Å². The number of carbonyl (C=O) groups excluding carboxylic acids is 1. The zero-order chi connectivity index (χ0) is 17.3. The normalized spacial score (nSPS) is 12.3. The number of ether oxygens (including phenoxy) is 1. The summed E-state index contributed by atoms with van der Waals surface area (Å²) in [6.07, 6.45) is 0.561. The molecule has 0 aliphatic carbocycles. The summed E-state index contributed by atoms with van der Waals surface area (Å²) in [5.74, 6) is -0.00777. The van der Waals surface area contributed by atoms with Crippen molar-refractivity contribution in [2.45, 2.75) is 19.4 Å². The number of hydrogen-bond donors (Lipinski definition) is 3. The maximum atomic E-state index is 11.7. The van der Waals surface area contributed by atoms with Gasteiger partial charge in [-0.15, -0.1) is 0 Å². The van der Waals surface area contributed by atoms with Crippen molar-refractivity contribution in [2.75, 3.05) is 6.61 Å². The first-order chi connectivity index (χ1) is 10.0. The fourth-order valence-corrected chi connectivity index (χ4v) is 2.17. The standard InChI is InChI=1S/C11H13I2NO3.H2O4S/c1-2-17-11(16)10(14(12)13)7-8-3-5-9(15)6-4-8;1-5(2,3)4/h3-6,10,15H,2,7H2,1H3;(H2,1,2,3,4)/t10-;/m0./s1. The predicted octanol–water partition coefficient (Wildman–Crippen LogP) is 2.22. The number of hydrogen-bond acceptors (Lipinski definition) is 6. The van der Waals surface area contributed by atoms with Crippen molar-refractivity contribution < 1.29 is 32.2 Å². The van der Waals surface area contributed by atoms with Crippen molar-refractivity contribution in [3.8, 4) is 5.75 Å². The van der Waals surface area contributed by atoms with Crippen molar-refractivity contribution in [3.63, 3.8) is 0 Å². The smallest absolute Gasteiger partial charge is 0.394 e. The first kappa shape index (κ1) is 21.8. The van der Waals surface area contributed by atoms with Gasteiger partial charge < -0.3 is 9.84 Å². The number of halogens is 2. The number of nitrogens with zero attached hydrogens (tertiary/aromatic N) is 1. The summed E-state index contributed by atoms with van der Waals surface area (Å²) in [6, 6.07) is 6.52. The Hall–Kier alpha value is -0.220. The van der Waals surface area contributed by atoms with Crippen LogP contribution in [0, 0.1) is 0 Å². The minimum Gasteiger partial charge on any atom is -0.508 e. The van der Waals surface area contributed by atoms with Crippen LogP contribution >= 0.6 is 45.7 Å². The Morgan fingerprint density at radius 2 is 1.73 bits per heavy atom. The second kappa shape index (κ2) is 10.5. The molecule has 22 heavy (non-hydrogen) atoms. The highest BCUT2D eigenvalue weighted by Gasteiger charge is 2.24. The van der Waals surface area contributed by atoms with E-state index in [9.17, 15) is 9.90 Å². The summed E-state index contributed by atoms with van der Waals surface area (Å²) in [4.78, 5) is 11.7. The summed E-state index contributed by atoms with van der Waals surface area (Å²) >= 11 is 4.13. The number of rotatable bonds is 5. The molecular weight excluding hydrogens is 544 g/mol. The van der Waals surface area contributed by atoms with Crippen LogP contribution in [0.15, 0.2) is 24.3 Å². The van der Waals surface area contributed by atoms with Crippen molar-refractivity contribution in [1.29, 1.82) is 0 Å². The average Bonchev–Trinajstić information content (AvgIpc) is 2.35. The number of carbonyl (C=O) groups is 1. The highest BCUT2D eigenvalue weighted by atomic mass is 127. The van der Waals surface area contributed by atoms with Gasteiger partial charge in [-0.3, -0.25) is 13.9 Å². The summed E-state index contributed by atoms with van der Waals surface area (Å²) < 4.78 is 38.4. The van der Waals surface area contributed by atoms with Crippen molar-refractivity contribution in [2.24, 2.45) is 0 Å². The van der Waals surface area contributed by atoms with Gasteiger partial charge in [-0.05, 0) is 24.6 Å². The van der Waals surface area contributed by atoms with Gasteiger partial charge >= 0.3 is 16.4 Å². The Morgan fingerprint density at radius 1 is 1.27 bits per heavy atom. The zero-order valence-corrected chi connectivity index (χ0v) is 16.5. The van der Waals surface area contributed by atoms with Crippen molar-refractivity contribution in [1.82, 2.24) is 1.33 Å². The lowest BCUT2D eigenvalue weighted by molar-refractivity contribution is -0.145. The Bertz CT molecular complexity index is 554. The molecule has 1 aromatic carbocycles. The summed E-state index contributed by atoms with van der Waals surface area (Å²) in [6.45, 7) is 2.17. The van der Waals surface area contributed by atoms with E-state index in [0.717, 1.165) is 5.56 Å². The predicted molar refractivity (Wildman–Crippen MR) is 96.3 cm³/mol. The highest BCUT2D eigenvalue weighted by Crippen LogP contribution is 2.20. The molecule has 11 heteroatoms. The SMILES string of the molecule is CCOC(=O)[C@H](Cc1ccc(O)cc1)N(I)I.O=S(=O)(O)O. The van der Waals surface area contributed by atoms with Gasteiger partial charge in [-0.1, -0.05) is 12.1 Å². The second-order valence-corrected chi connectivity index (χ2v) is 8.67. The van der Waals surface area contributed by atoms with E-state index in [4.69, 9.17) is 22.3 Å². The fourth-order valence-electron chi connectivity index (χ4n) is 1.33. The molecule has 0 unspecified atom stereocenters. The molecule has 0 aliphatic rings. The van der Waals surface area contributed by atoms with Crippen LogP contribution in [0.1, 0.15) is 12.5 Å². The lowest BCUT2D eigenvalue weighted by Crippen LogP contribution is -2.32. The lowest BCUT2D eigenvalue weighted by Gasteiger charge is -2.18. The van der Waals surface area contributed by atoms with Gasteiger partial charge in [-0.25, -0.2) is 0 Å². The number of phenols is 1. The van der Waals surface area contributed by atoms with E-state index < -0.39 is 10.4 Å². The molecule has 3 N–H and O–H groups in total. The molecule has 0 heterocycles. The number of esters is 1. The minimum atomic E-state index is -4.67. The Balaban J connectivity index is 0.000000763. The molecule has 1 rings (SSSR count). The molecule has 0 aliphatic heterocycles. The van der Waals surface area contributed by atoms with E-state index in [1.54, 1.807) is 32.5 Å². The molecule has 1 atom stereocenters. The maximum Gasteiger partial charge on any atom is 0.394 e. The molecule has 126 valence electrons. The molecule has 0 radical (unpaired) electrons. The van der Waals surface area contributed by atoms with Gasteiger partial charge in [0.2, 0.25) is 0 Å². The molecule has 0 spiro atoms. The molecule has 8 nitrogen and oxygen atoms in total. The third-order valence-electron chi connectivity index (χ3n) is 2.16. The van der Waals surface area contributed by atoms with E-state index in [-0.39, 0.29) is 17.8 Å². The van der Waals surface area contributed by atoms with Crippen LogP contribution in [0.3, 0.4) is 0 Å². The third-order valence-corrected chi connectivity index (χ3v) is 3.50.